The molecular formula is C11H8ClIO2. The molecule has 0 aromatic heterocycles. The van der Waals surface area contributed by atoms with E-state index in [-0.39, 0.29) is 19.0 Å². The van der Waals surface area contributed by atoms with Crippen LogP contribution < -0.4 is 0 Å². The van der Waals surface area contributed by atoms with Crippen molar-refractivity contribution in [1.82, 2.24) is 0 Å². The second kappa shape index (κ2) is 6.70. The van der Waals surface area contributed by atoms with Crippen molar-refractivity contribution in [1.29, 1.82) is 0 Å². The van der Waals surface area contributed by atoms with Crippen LogP contribution in [0.5, 0.6) is 0 Å². The highest BCUT2D eigenvalue weighted by molar-refractivity contribution is 14.1. The highest BCUT2D eigenvalue weighted by Crippen LogP contribution is 2.15. The maximum Gasteiger partial charge on any atom is 0.311 e. The molecule has 0 bridgehead atoms. The van der Waals surface area contributed by atoms with Gasteiger partial charge in [-0.2, -0.15) is 0 Å². The van der Waals surface area contributed by atoms with Gasteiger partial charge in [0.1, 0.15) is 0 Å². The number of carbonyl (C=O) groups excluding carboxylic acids is 1. The van der Waals surface area contributed by atoms with E-state index in [2.05, 4.69) is 9.85 Å². The van der Waals surface area contributed by atoms with Crippen LogP contribution in [0.4, 0.5) is 0 Å². The molecule has 15 heavy (non-hydrogen) atoms. The van der Waals surface area contributed by atoms with E-state index in [4.69, 9.17) is 16.3 Å². The molecule has 0 aliphatic heterocycles. The summed E-state index contributed by atoms with van der Waals surface area (Å²) in [6.07, 6.45) is 0.183. The van der Waals surface area contributed by atoms with Gasteiger partial charge in [0.15, 0.2) is 6.61 Å². The Balaban J connectivity index is 2.50. The molecule has 0 aliphatic carbocycles. The fraction of sp³-hybridized carbons (Fsp3) is 0.182. The fourth-order valence-corrected chi connectivity index (χ4v) is 1.35. The van der Waals surface area contributed by atoms with Gasteiger partial charge in [0, 0.05) is 27.6 Å². The molecule has 0 atom stereocenters. The number of halogens is 2. The van der Waals surface area contributed by atoms with E-state index in [0.717, 1.165) is 5.56 Å². The highest BCUT2D eigenvalue weighted by atomic mass is 127. The molecule has 0 saturated heterocycles. The SMILES string of the molecule is O=C(Cc1ccccc1Cl)OCC#CI. The predicted octanol–water partition coefficient (Wildman–Crippen LogP) is 2.82. The molecule has 0 radical (unpaired) electrons. The zero-order valence-electron chi connectivity index (χ0n) is 7.80. The second-order valence-corrected chi connectivity index (χ2v) is 3.65. The van der Waals surface area contributed by atoms with Crippen LogP contribution in [0.1, 0.15) is 5.56 Å². The van der Waals surface area contributed by atoms with Crippen molar-refractivity contribution in [3.63, 3.8) is 0 Å². The standard InChI is InChI=1S/C11H8ClIO2/c12-10-5-2-1-4-9(10)8-11(14)15-7-3-6-13/h1-2,4-5H,7-8H2. The minimum Gasteiger partial charge on any atom is -0.452 e. The van der Waals surface area contributed by atoms with Crippen LogP contribution in [0.15, 0.2) is 24.3 Å². The third kappa shape index (κ3) is 4.54. The number of hydrogen-bond donors (Lipinski definition) is 0. The molecule has 0 unspecified atom stereocenters. The Kier molecular flexibility index (Phi) is 5.51. The van der Waals surface area contributed by atoms with Crippen LogP contribution in [-0.2, 0) is 16.0 Å². The first-order valence-corrected chi connectivity index (χ1v) is 5.67. The summed E-state index contributed by atoms with van der Waals surface area (Å²) >= 11 is 7.78. The zero-order valence-corrected chi connectivity index (χ0v) is 10.7. The van der Waals surface area contributed by atoms with Gasteiger partial charge in [-0.1, -0.05) is 35.7 Å². The van der Waals surface area contributed by atoms with Gasteiger partial charge >= 0.3 is 5.97 Å². The topological polar surface area (TPSA) is 26.3 Å². The summed E-state index contributed by atoms with van der Waals surface area (Å²) in [6, 6.07) is 7.19. The summed E-state index contributed by atoms with van der Waals surface area (Å²) in [5.74, 6) is 2.32. The Labute approximate surface area is 107 Å². The molecule has 0 saturated carbocycles. The quantitative estimate of drug-likeness (QED) is 0.483. The summed E-state index contributed by atoms with van der Waals surface area (Å²) < 4.78 is 7.48. The van der Waals surface area contributed by atoms with Crippen LogP contribution in [0.25, 0.3) is 0 Å². The molecule has 0 N–H and O–H groups in total. The van der Waals surface area contributed by atoms with Crippen molar-refractivity contribution in [2.75, 3.05) is 6.61 Å². The third-order valence-electron chi connectivity index (χ3n) is 1.66. The Morgan fingerprint density at radius 2 is 2.20 bits per heavy atom. The van der Waals surface area contributed by atoms with Crippen molar-refractivity contribution in [3.8, 4) is 9.85 Å². The molecule has 1 rings (SSSR count). The van der Waals surface area contributed by atoms with E-state index < -0.39 is 0 Å². The molecule has 4 heteroatoms. The van der Waals surface area contributed by atoms with Crippen molar-refractivity contribution < 1.29 is 9.53 Å². The number of ether oxygens (including phenoxy) is 1. The second-order valence-electron chi connectivity index (χ2n) is 2.70. The first kappa shape index (κ1) is 12.3. The average molecular weight is 335 g/mol. The number of carbonyl (C=O) groups is 1. The predicted molar refractivity (Wildman–Crippen MR) is 67.9 cm³/mol. The van der Waals surface area contributed by atoms with E-state index in [1.807, 2.05) is 34.7 Å². The van der Waals surface area contributed by atoms with Crippen molar-refractivity contribution in [3.05, 3.63) is 34.9 Å². The van der Waals surface area contributed by atoms with Crippen molar-refractivity contribution in [2.45, 2.75) is 6.42 Å². The molecule has 0 heterocycles. The number of hydrogen-bond acceptors (Lipinski definition) is 2. The maximum atomic E-state index is 11.3. The third-order valence-corrected chi connectivity index (χ3v) is 2.41. The van der Waals surface area contributed by atoms with E-state index in [1.165, 1.54) is 0 Å². The first-order valence-electron chi connectivity index (χ1n) is 4.21. The lowest BCUT2D eigenvalue weighted by Gasteiger charge is -2.02. The van der Waals surface area contributed by atoms with Gasteiger partial charge in [0.25, 0.3) is 0 Å². The lowest BCUT2D eigenvalue weighted by atomic mass is 10.1. The molecule has 0 spiro atoms. The summed E-state index contributed by atoms with van der Waals surface area (Å²) in [4.78, 5) is 11.3. The summed E-state index contributed by atoms with van der Waals surface area (Å²) in [6.45, 7) is 0.131. The smallest absolute Gasteiger partial charge is 0.311 e. The lowest BCUT2D eigenvalue weighted by molar-refractivity contribution is -0.141. The summed E-state index contributed by atoms with van der Waals surface area (Å²) in [5, 5.41) is 0.578. The van der Waals surface area contributed by atoms with Crippen molar-refractivity contribution in [2.24, 2.45) is 0 Å². The molecule has 0 amide bonds. The van der Waals surface area contributed by atoms with Gasteiger partial charge in [0.2, 0.25) is 0 Å². The minimum absolute atomic E-state index is 0.131. The average Bonchev–Trinajstić information content (AvgIpc) is 2.22. The van der Waals surface area contributed by atoms with Gasteiger partial charge in [-0.15, -0.1) is 0 Å². The van der Waals surface area contributed by atoms with Crippen LogP contribution in [0.3, 0.4) is 0 Å². The summed E-state index contributed by atoms with van der Waals surface area (Å²) in [5.41, 5.74) is 0.770. The fourth-order valence-electron chi connectivity index (χ4n) is 0.992. The Morgan fingerprint density at radius 3 is 2.87 bits per heavy atom. The Hall–Kier alpha value is -0.730. The highest BCUT2D eigenvalue weighted by Gasteiger charge is 2.06. The van der Waals surface area contributed by atoms with Gasteiger partial charge in [-0.25, -0.2) is 0 Å². The van der Waals surface area contributed by atoms with E-state index >= 15 is 0 Å². The lowest BCUT2D eigenvalue weighted by Crippen LogP contribution is -2.08. The van der Waals surface area contributed by atoms with E-state index in [9.17, 15) is 4.79 Å². The molecule has 2 nitrogen and oxygen atoms in total. The largest absolute Gasteiger partial charge is 0.452 e. The molecule has 78 valence electrons. The Bertz CT molecular complexity index is 407. The number of rotatable bonds is 3. The summed E-state index contributed by atoms with van der Waals surface area (Å²) in [7, 11) is 0. The van der Waals surface area contributed by atoms with E-state index in [0.29, 0.717) is 5.02 Å². The normalized spacial score (nSPS) is 8.93. The Morgan fingerprint density at radius 1 is 1.47 bits per heavy atom. The molecular weight excluding hydrogens is 326 g/mol. The van der Waals surface area contributed by atoms with Crippen molar-refractivity contribution >= 4 is 40.2 Å². The maximum absolute atomic E-state index is 11.3. The monoisotopic (exact) mass is 334 g/mol. The van der Waals surface area contributed by atoms with Crippen LogP contribution in [0, 0.1) is 9.85 Å². The number of benzene rings is 1. The molecule has 0 aliphatic rings. The van der Waals surface area contributed by atoms with Crippen LogP contribution in [0.2, 0.25) is 5.02 Å². The van der Waals surface area contributed by atoms with Crippen LogP contribution in [-0.4, -0.2) is 12.6 Å². The van der Waals surface area contributed by atoms with Gasteiger partial charge < -0.3 is 4.74 Å². The molecule has 0 fully saturated rings. The molecule has 1 aromatic rings. The van der Waals surface area contributed by atoms with Gasteiger partial charge in [0.05, 0.1) is 6.42 Å². The van der Waals surface area contributed by atoms with E-state index in [1.54, 1.807) is 12.1 Å². The number of esters is 1. The van der Waals surface area contributed by atoms with Crippen LogP contribution >= 0.6 is 34.2 Å². The van der Waals surface area contributed by atoms with Gasteiger partial charge in [-0.05, 0) is 15.6 Å². The first-order chi connectivity index (χ1) is 7.24. The molecule has 1 aromatic carbocycles. The minimum atomic E-state index is -0.317. The van der Waals surface area contributed by atoms with Gasteiger partial charge in [-0.3, -0.25) is 4.79 Å². The zero-order chi connectivity index (χ0) is 11.1.